The van der Waals surface area contributed by atoms with Gasteiger partial charge in [-0.25, -0.2) is 26.3 Å². The zero-order valence-electron chi connectivity index (χ0n) is 8.88. The Morgan fingerprint density at radius 1 is 0.632 bits per heavy atom. The minimum atomic E-state index is -2.25. The van der Waals surface area contributed by atoms with Crippen molar-refractivity contribution in [2.75, 3.05) is 0 Å². The molecule has 2 aromatic carbocycles. The first-order chi connectivity index (χ1) is 8.82. The summed E-state index contributed by atoms with van der Waals surface area (Å²) in [4.78, 5) is 0. The van der Waals surface area contributed by atoms with Crippen molar-refractivity contribution < 1.29 is 26.3 Å². The SMILES string of the molecule is Fc1cc(I)cc(-c2c(F)c(F)c(F)c(F)c2F)c1. The van der Waals surface area contributed by atoms with Crippen LogP contribution < -0.4 is 0 Å². The molecule has 0 radical (unpaired) electrons. The smallest absolute Gasteiger partial charge is 0.200 e. The molecule has 19 heavy (non-hydrogen) atoms. The van der Waals surface area contributed by atoms with E-state index in [0.29, 0.717) is 6.07 Å². The van der Waals surface area contributed by atoms with Gasteiger partial charge in [0.2, 0.25) is 5.82 Å². The van der Waals surface area contributed by atoms with Crippen LogP contribution in [0, 0.1) is 38.5 Å². The largest absolute Gasteiger partial charge is 0.207 e. The highest BCUT2D eigenvalue weighted by Crippen LogP contribution is 2.32. The van der Waals surface area contributed by atoms with Crippen molar-refractivity contribution in [3.8, 4) is 11.1 Å². The molecule has 0 saturated heterocycles. The molecular weight excluding hydrogens is 385 g/mol. The Labute approximate surface area is 117 Å². The van der Waals surface area contributed by atoms with E-state index in [9.17, 15) is 26.3 Å². The van der Waals surface area contributed by atoms with Gasteiger partial charge in [0.15, 0.2) is 23.3 Å². The summed E-state index contributed by atoms with van der Waals surface area (Å²) in [6, 6.07) is 2.86. The highest BCUT2D eigenvalue weighted by atomic mass is 127. The van der Waals surface area contributed by atoms with Gasteiger partial charge in [-0.15, -0.1) is 0 Å². The fourth-order valence-corrected chi connectivity index (χ4v) is 2.19. The molecule has 100 valence electrons. The van der Waals surface area contributed by atoms with Gasteiger partial charge in [-0.05, 0) is 46.4 Å². The molecule has 0 aliphatic carbocycles. The van der Waals surface area contributed by atoms with Crippen molar-refractivity contribution in [2.24, 2.45) is 0 Å². The molecule has 2 aromatic rings. The molecule has 0 saturated carbocycles. The minimum absolute atomic E-state index is 0.261. The van der Waals surface area contributed by atoms with E-state index in [2.05, 4.69) is 0 Å². The first-order valence-corrected chi connectivity index (χ1v) is 5.88. The lowest BCUT2D eigenvalue weighted by molar-refractivity contribution is 0.381. The Balaban J connectivity index is 2.82. The Morgan fingerprint density at radius 2 is 1.11 bits per heavy atom. The van der Waals surface area contributed by atoms with Gasteiger partial charge in [0, 0.05) is 3.57 Å². The Bertz CT molecular complexity index is 618. The van der Waals surface area contributed by atoms with Gasteiger partial charge in [0.1, 0.15) is 5.82 Å². The molecule has 0 aliphatic heterocycles. The number of benzene rings is 2. The standard InChI is InChI=1S/C12H3F6I/c13-5-1-4(2-6(19)3-5)7-8(14)10(16)12(18)11(17)9(7)15/h1-3H. The summed E-state index contributed by atoms with van der Waals surface area (Å²) in [6.07, 6.45) is 0. The Kier molecular flexibility index (Phi) is 3.75. The lowest BCUT2D eigenvalue weighted by Crippen LogP contribution is -2.04. The van der Waals surface area contributed by atoms with Crippen LogP contribution in [0.15, 0.2) is 18.2 Å². The van der Waals surface area contributed by atoms with E-state index in [0.717, 1.165) is 12.1 Å². The second kappa shape index (κ2) is 5.03. The lowest BCUT2D eigenvalue weighted by atomic mass is 10.0. The van der Waals surface area contributed by atoms with Gasteiger partial charge in [-0.3, -0.25) is 0 Å². The molecule has 2 rings (SSSR count). The molecule has 0 bridgehead atoms. The molecule has 0 atom stereocenters. The molecule has 0 heterocycles. The summed E-state index contributed by atoms with van der Waals surface area (Å²) < 4.78 is 79.4. The van der Waals surface area contributed by atoms with E-state index in [1.807, 2.05) is 0 Å². The average Bonchev–Trinajstić information content (AvgIpc) is 2.33. The van der Waals surface area contributed by atoms with E-state index in [1.165, 1.54) is 0 Å². The molecule has 0 nitrogen and oxygen atoms in total. The number of halogens is 7. The summed E-state index contributed by atoms with van der Waals surface area (Å²) in [5, 5.41) is 0. The fourth-order valence-electron chi connectivity index (χ4n) is 1.56. The number of hydrogen-bond acceptors (Lipinski definition) is 0. The van der Waals surface area contributed by atoms with Crippen LogP contribution >= 0.6 is 22.6 Å². The van der Waals surface area contributed by atoms with E-state index in [-0.39, 0.29) is 3.57 Å². The molecule has 7 heteroatoms. The fraction of sp³-hybridized carbons (Fsp3) is 0. The first-order valence-electron chi connectivity index (χ1n) is 4.80. The minimum Gasteiger partial charge on any atom is -0.207 e. The van der Waals surface area contributed by atoms with Gasteiger partial charge >= 0.3 is 0 Å². The van der Waals surface area contributed by atoms with Gasteiger partial charge in [-0.1, -0.05) is 0 Å². The van der Waals surface area contributed by atoms with Gasteiger partial charge in [0.25, 0.3) is 0 Å². The normalized spacial score (nSPS) is 10.9. The van der Waals surface area contributed by atoms with E-state index in [1.54, 1.807) is 22.6 Å². The van der Waals surface area contributed by atoms with Crippen LogP contribution in [0.25, 0.3) is 11.1 Å². The van der Waals surface area contributed by atoms with Crippen LogP contribution in [0.1, 0.15) is 0 Å². The third kappa shape index (κ3) is 2.43. The van der Waals surface area contributed by atoms with Crippen LogP contribution in [0.5, 0.6) is 0 Å². The van der Waals surface area contributed by atoms with Gasteiger partial charge in [-0.2, -0.15) is 0 Å². The molecule has 0 unspecified atom stereocenters. The molecule has 0 aliphatic rings. The predicted molar refractivity (Wildman–Crippen MR) is 64.3 cm³/mol. The first kappa shape index (κ1) is 14.2. The topological polar surface area (TPSA) is 0 Å². The zero-order valence-corrected chi connectivity index (χ0v) is 11.0. The van der Waals surface area contributed by atoms with Crippen molar-refractivity contribution >= 4 is 22.6 Å². The van der Waals surface area contributed by atoms with Crippen molar-refractivity contribution in [1.29, 1.82) is 0 Å². The maximum Gasteiger partial charge on any atom is 0.200 e. The van der Waals surface area contributed by atoms with Crippen LogP contribution in [-0.2, 0) is 0 Å². The third-order valence-electron chi connectivity index (χ3n) is 2.36. The molecular formula is C12H3F6I. The predicted octanol–water partition coefficient (Wildman–Crippen LogP) is 4.79. The summed E-state index contributed by atoms with van der Waals surface area (Å²) in [5.41, 5.74) is -1.56. The molecule has 0 aromatic heterocycles. The average molecular weight is 388 g/mol. The second-order valence-electron chi connectivity index (χ2n) is 3.60. The second-order valence-corrected chi connectivity index (χ2v) is 4.85. The summed E-state index contributed by atoms with van der Waals surface area (Å²) >= 11 is 1.66. The third-order valence-corrected chi connectivity index (χ3v) is 2.98. The van der Waals surface area contributed by atoms with E-state index >= 15 is 0 Å². The number of rotatable bonds is 1. The van der Waals surface area contributed by atoms with Crippen LogP contribution in [0.4, 0.5) is 26.3 Å². The maximum atomic E-state index is 13.5. The van der Waals surface area contributed by atoms with Crippen LogP contribution in [-0.4, -0.2) is 0 Å². The van der Waals surface area contributed by atoms with Crippen LogP contribution in [0.3, 0.4) is 0 Å². The van der Waals surface area contributed by atoms with Gasteiger partial charge in [0.05, 0.1) is 5.56 Å². The van der Waals surface area contributed by atoms with Gasteiger partial charge < -0.3 is 0 Å². The summed E-state index contributed by atoms with van der Waals surface area (Å²) in [7, 11) is 0. The van der Waals surface area contributed by atoms with Crippen molar-refractivity contribution in [3.63, 3.8) is 0 Å². The highest BCUT2D eigenvalue weighted by Gasteiger charge is 2.26. The summed E-state index contributed by atoms with van der Waals surface area (Å²) in [6.45, 7) is 0. The van der Waals surface area contributed by atoms with Crippen molar-refractivity contribution in [3.05, 3.63) is 56.7 Å². The van der Waals surface area contributed by atoms with E-state index < -0.39 is 46.0 Å². The van der Waals surface area contributed by atoms with Crippen molar-refractivity contribution in [2.45, 2.75) is 0 Å². The van der Waals surface area contributed by atoms with E-state index in [4.69, 9.17) is 0 Å². The summed E-state index contributed by atoms with van der Waals surface area (Å²) in [5.74, 6) is -11.2. The van der Waals surface area contributed by atoms with Crippen molar-refractivity contribution in [1.82, 2.24) is 0 Å². The monoisotopic (exact) mass is 388 g/mol. The number of hydrogen-bond donors (Lipinski definition) is 0. The molecule has 0 N–H and O–H groups in total. The molecule has 0 fully saturated rings. The molecule has 0 amide bonds. The Morgan fingerprint density at radius 3 is 1.58 bits per heavy atom. The molecule has 0 spiro atoms. The lowest BCUT2D eigenvalue weighted by Gasteiger charge is -2.09. The maximum absolute atomic E-state index is 13.5. The Hall–Kier alpha value is -1.25. The van der Waals surface area contributed by atoms with Crippen LogP contribution in [0.2, 0.25) is 0 Å². The zero-order chi connectivity index (χ0) is 14.3. The quantitative estimate of drug-likeness (QED) is 0.285. The highest BCUT2D eigenvalue weighted by molar-refractivity contribution is 14.1.